The summed E-state index contributed by atoms with van der Waals surface area (Å²) in [6, 6.07) is -0.931. The number of aliphatic hydroxyl groups excluding tert-OH is 1. The number of ether oxygens (including phenoxy) is 2. The SMILES string of the molecule is CCCC(C)N1CC=C[C@]23O[C@@]4(C)C=CCCOC(=O)[C@H]4[C@H]2C(=O)N(CCO)C3C1=O. The molecule has 31 heavy (non-hydrogen) atoms. The van der Waals surface area contributed by atoms with Crippen LogP contribution in [0.1, 0.15) is 40.0 Å². The quantitative estimate of drug-likeness (QED) is 0.515. The van der Waals surface area contributed by atoms with Crippen molar-refractivity contribution in [3.8, 4) is 0 Å². The van der Waals surface area contributed by atoms with Gasteiger partial charge < -0.3 is 24.4 Å². The third-order valence-electron chi connectivity index (χ3n) is 7.13. The van der Waals surface area contributed by atoms with Crippen molar-refractivity contribution in [1.82, 2.24) is 9.80 Å². The van der Waals surface area contributed by atoms with Gasteiger partial charge in [-0.25, -0.2) is 0 Å². The lowest BCUT2D eigenvalue weighted by Gasteiger charge is -2.38. The lowest BCUT2D eigenvalue weighted by atomic mass is 9.74. The van der Waals surface area contributed by atoms with E-state index in [1.807, 2.05) is 31.2 Å². The molecule has 4 heterocycles. The summed E-state index contributed by atoms with van der Waals surface area (Å²) in [5.41, 5.74) is -2.34. The number of cyclic esters (lactones) is 1. The standard InChI is InChI=1S/C23H32N2O6/c1-4-8-15(2)24-11-7-10-23-16(19(27)25(12-13-26)18(23)20(24)28)17-21(29)30-14-6-5-9-22(17,3)31-23/h5,7,9-10,15-18,26H,4,6,8,11-14H2,1-3H3/t15?,16-,17+,18?,22-,23-/m0/s1. The molecule has 1 N–H and O–H groups in total. The zero-order valence-corrected chi connectivity index (χ0v) is 18.5. The van der Waals surface area contributed by atoms with E-state index in [1.54, 1.807) is 11.8 Å². The van der Waals surface area contributed by atoms with Gasteiger partial charge in [0.15, 0.2) is 0 Å². The number of nitrogens with zero attached hydrogens (tertiary/aromatic N) is 2. The van der Waals surface area contributed by atoms with E-state index in [0.29, 0.717) is 13.0 Å². The molecule has 4 aliphatic heterocycles. The summed E-state index contributed by atoms with van der Waals surface area (Å²) in [5, 5.41) is 9.65. The number of hydrogen-bond donors (Lipinski definition) is 1. The Morgan fingerprint density at radius 3 is 2.68 bits per heavy atom. The molecule has 1 spiro atoms. The Morgan fingerprint density at radius 2 is 1.97 bits per heavy atom. The number of amides is 2. The number of fused-ring (bicyclic) bond motifs is 2. The van der Waals surface area contributed by atoms with Crippen molar-refractivity contribution in [2.75, 3.05) is 26.3 Å². The van der Waals surface area contributed by atoms with Gasteiger partial charge >= 0.3 is 5.97 Å². The smallest absolute Gasteiger partial charge is 0.313 e. The summed E-state index contributed by atoms with van der Waals surface area (Å²) in [4.78, 5) is 43.7. The molecule has 0 aromatic rings. The minimum atomic E-state index is -1.28. The topological polar surface area (TPSA) is 96.4 Å². The summed E-state index contributed by atoms with van der Waals surface area (Å²) >= 11 is 0. The molecule has 2 unspecified atom stereocenters. The van der Waals surface area contributed by atoms with E-state index in [2.05, 4.69) is 6.92 Å². The van der Waals surface area contributed by atoms with Crippen LogP contribution in [-0.2, 0) is 23.9 Å². The molecule has 4 aliphatic rings. The van der Waals surface area contributed by atoms with Gasteiger partial charge in [0.2, 0.25) is 11.8 Å². The highest BCUT2D eigenvalue weighted by molar-refractivity contribution is 5.99. The molecular weight excluding hydrogens is 400 g/mol. The third kappa shape index (κ3) is 3.22. The Kier molecular flexibility index (Phi) is 5.72. The second-order valence-corrected chi connectivity index (χ2v) is 9.14. The van der Waals surface area contributed by atoms with E-state index >= 15 is 0 Å². The summed E-state index contributed by atoms with van der Waals surface area (Å²) < 4.78 is 12.0. The van der Waals surface area contributed by atoms with Crippen molar-refractivity contribution >= 4 is 17.8 Å². The molecular formula is C23H32N2O6. The predicted octanol–water partition coefficient (Wildman–Crippen LogP) is 1.04. The molecule has 6 atom stereocenters. The molecule has 0 bridgehead atoms. The first-order valence-electron chi connectivity index (χ1n) is 11.2. The molecule has 170 valence electrons. The predicted molar refractivity (Wildman–Crippen MR) is 112 cm³/mol. The highest BCUT2D eigenvalue weighted by Gasteiger charge is 2.74. The summed E-state index contributed by atoms with van der Waals surface area (Å²) in [6.45, 7) is 6.25. The second kappa shape index (κ2) is 8.06. The van der Waals surface area contributed by atoms with Crippen molar-refractivity contribution in [3.05, 3.63) is 24.3 Å². The first-order valence-corrected chi connectivity index (χ1v) is 11.2. The molecule has 0 aromatic carbocycles. The zero-order chi connectivity index (χ0) is 22.4. The normalized spacial score (nSPS) is 38.2. The number of carbonyl (C=O) groups excluding carboxylic acids is 3. The van der Waals surface area contributed by atoms with Crippen LogP contribution >= 0.6 is 0 Å². The van der Waals surface area contributed by atoms with Crippen LogP contribution in [0.2, 0.25) is 0 Å². The van der Waals surface area contributed by atoms with Gasteiger partial charge in [-0.2, -0.15) is 0 Å². The number of carbonyl (C=O) groups is 3. The lowest BCUT2D eigenvalue weighted by molar-refractivity contribution is -0.160. The van der Waals surface area contributed by atoms with E-state index < -0.39 is 35.0 Å². The van der Waals surface area contributed by atoms with E-state index in [1.165, 1.54) is 4.90 Å². The number of hydrogen-bond acceptors (Lipinski definition) is 6. The van der Waals surface area contributed by atoms with Crippen molar-refractivity contribution in [2.24, 2.45) is 11.8 Å². The molecule has 0 radical (unpaired) electrons. The number of β-amino-alcohol motifs (C(OH)–C–C–N with tert-alkyl or cyclic N) is 1. The van der Waals surface area contributed by atoms with Gasteiger partial charge in [0.05, 0.1) is 24.7 Å². The lowest BCUT2D eigenvalue weighted by Crippen LogP contribution is -2.57. The minimum absolute atomic E-state index is 0.00189. The average molecular weight is 433 g/mol. The maximum absolute atomic E-state index is 13.8. The first kappa shape index (κ1) is 22.0. The molecule has 4 rings (SSSR count). The van der Waals surface area contributed by atoms with E-state index in [-0.39, 0.29) is 37.6 Å². The first-order chi connectivity index (χ1) is 14.8. The van der Waals surface area contributed by atoms with Crippen LogP contribution in [0.4, 0.5) is 0 Å². The fraction of sp³-hybridized carbons (Fsp3) is 0.696. The maximum Gasteiger partial charge on any atom is 0.313 e. The Labute approximate surface area is 182 Å². The Morgan fingerprint density at radius 1 is 1.19 bits per heavy atom. The fourth-order valence-electron chi connectivity index (χ4n) is 5.82. The van der Waals surface area contributed by atoms with Gasteiger partial charge in [0, 0.05) is 19.1 Å². The zero-order valence-electron chi connectivity index (χ0n) is 18.5. The van der Waals surface area contributed by atoms with Gasteiger partial charge in [-0.05, 0) is 26.7 Å². The van der Waals surface area contributed by atoms with Crippen molar-refractivity contribution in [2.45, 2.75) is 63.3 Å². The number of aliphatic hydroxyl groups is 1. The van der Waals surface area contributed by atoms with Crippen LogP contribution in [0.15, 0.2) is 24.3 Å². The van der Waals surface area contributed by atoms with E-state index in [4.69, 9.17) is 9.47 Å². The number of rotatable bonds is 5. The largest absolute Gasteiger partial charge is 0.465 e. The van der Waals surface area contributed by atoms with Gasteiger partial charge in [-0.1, -0.05) is 37.6 Å². The van der Waals surface area contributed by atoms with Crippen molar-refractivity contribution < 1.29 is 29.0 Å². The second-order valence-electron chi connectivity index (χ2n) is 9.14. The molecule has 2 fully saturated rings. The highest BCUT2D eigenvalue weighted by atomic mass is 16.6. The Hall–Kier alpha value is -2.19. The molecule has 0 aromatic heterocycles. The van der Waals surface area contributed by atoms with Crippen LogP contribution < -0.4 is 0 Å². The fourth-order valence-corrected chi connectivity index (χ4v) is 5.82. The van der Waals surface area contributed by atoms with Gasteiger partial charge in [-0.3, -0.25) is 14.4 Å². The monoisotopic (exact) mass is 432 g/mol. The highest BCUT2D eigenvalue weighted by Crippen LogP contribution is 2.57. The van der Waals surface area contributed by atoms with Crippen molar-refractivity contribution in [3.63, 3.8) is 0 Å². The van der Waals surface area contributed by atoms with Gasteiger partial charge in [0.25, 0.3) is 0 Å². The Bertz CT molecular complexity index is 825. The van der Waals surface area contributed by atoms with Gasteiger partial charge in [-0.15, -0.1) is 0 Å². The molecule has 2 saturated heterocycles. The van der Waals surface area contributed by atoms with Crippen LogP contribution in [0.3, 0.4) is 0 Å². The minimum Gasteiger partial charge on any atom is -0.465 e. The Balaban J connectivity index is 1.84. The van der Waals surface area contributed by atoms with Crippen LogP contribution in [0.5, 0.6) is 0 Å². The van der Waals surface area contributed by atoms with Crippen LogP contribution in [-0.4, -0.2) is 82.3 Å². The summed E-state index contributed by atoms with van der Waals surface area (Å²) in [5.74, 6) is -2.77. The average Bonchev–Trinajstić information content (AvgIpc) is 3.02. The van der Waals surface area contributed by atoms with Crippen LogP contribution in [0.25, 0.3) is 0 Å². The van der Waals surface area contributed by atoms with Crippen LogP contribution in [0, 0.1) is 11.8 Å². The molecule has 8 heteroatoms. The number of likely N-dealkylation sites (tertiary alicyclic amines) is 1. The van der Waals surface area contributed by atoms with E-state index in [9.17, 15) is 19.5 Å². The molecule has 0 saturated carbocycles. The maximum atomic E-state index is 13.8. The van der Waals surface area contributed by atoms with Gasteiger partial charge in [0.1, 0.15) is 17.6 Å². The van der Waals surface area contributed by atoms with Crippen molar-refractivity contribution in [1.29, 1.82) is 0 Å². The molecule has 0 aliphatic carbocycles. The third-order valence-corrected chi connectivity index (χ3v) is 7.13. The number of esters is 1. The molecule has 2 amide bonds. The summed E-state index contributed by atoms with van der Waals surface area (Å²) in [6.07, 6.45) is 9.77. The van der Waals surface area contributed by atoms with E-state index in [0.717, 1.165) is 12.8 Å². The molecule has 8 nitrogen and oxygen atoms in total. The summed E-state index contributed by atoms with van der Waals surface area (Å²) in [7, 11) is 0.